The van der Waals surface area contributed by atoms with Crippen LogP contribution < -0.4 is 5.32 Å². The molecule has 0 aliphatic rings. The molecule has 0 aliphatic heterocycles. The Morgan fingerprint density at radius 1 is 1.19 bits per heavy atom. The molecule has 0 spiro atoms. The van der Waals surface area contributed by atoms with Crippen LogP contribution in [0.1, 0.15) is 53.5 Å². The molecule has 0 fully saturated rings. The fourth-order valence-electron chi connectivity index (χ4n) is 3.47. The number of imidazole rings is 1. The largest absolute Gasteiger partial charge is 0.461 e. The Hall–Kier alpha value is -2.66. The number of carbonyl (C=O) groups is 1. The van der Waals surface area contributed by atoms with Crippen LogP contribution in [0.5, 0.6) is 0 Å². The van der Waals surface area contributed by atoms with Crippen LogP contribution in [0, 0.1) is 20.8 Å². The van der Waals surface area contributed by atoms with Crippen molar-refractivity contribution in [2.75, 3.05) is 0 Å². The SMILES string of the molecule is CC(=O)OCc1c(C)cc(C)c(CNC(C)c2nc3ccccc3[nH]2)c1C. The predicted octanol–water partition coefficient (Wildman–Crippen LogP) is 4.40. The maximum Gasteiger partial charge on any atom is 0.302 e. The number of rotatable bonds is 6. The Labute approximate surface area is 160 Å². The number of nitrogens with zero attached hydrogens (tertiary/aromatic N) is 1. The summed E-state index contributed by atoms with van der Waals surface area (Å²) in [6.07, 6.45) is 0. The first-order valence-corrected chi connectivity index (χ1v) is 9.26. The van der Waals surface area contributed by atoms with E-state index in [4.69, 9.17) is 4.74 Å². The Bertz CT molecular complexity index is 942. The van der Waals surface area contributed by atoms with Gasteiger partial charge in [-0.3, -0.25) is 4.79 Å². The summed E-state index contributed by atoms with van der Waals surface area (Å²) in [5, 5.41) is 3.57. The number of hydrogen-bond donors (Lipinski definition) is 2. The lowest BCUT2D eigenvalue weighted by Gasteiger charge is -2.19. The van der Waals surface area contributed by atoms with Gasteiger partial charge in [0.05, 0.1) is 17.1 Å². The summed E-state index contributed by atoms with van der Waals surface area (Å²) in [6, 6.07) is 10.3. The van der Waals surface area contributed by atoms with Crippen LogP contribution in [0.25, 0.3) is 11.0 Å². The fraction of sp³-hybridized carbons (Fsp3) is 0.364. The summed E-state index contributed by atoms with van der Waals surface area (Å²) in [7, 11) is 0. The van der Waals surface area contributed by atoms with Crippen LogP contribution in [-0.2, 0) is 22.7 Å². The molecular formula is C22H27N3O2. The van der Waals surface area contributed by atoms with Gasteiger partial charge in [-0.2, -0.15) is 0 Å². The summed E-state index contributed by atoms with van der Waals surface area (Å²) in [4.78, 5) is 19.3. The number of ether oxygens (including phenoxy) is 1. The third kappa shape index (κ3) is 4.19. The molecule has 2 N–H and O–H groups in total. The Kier molecular flexibility index (Phi) is 5.61. The quantitative estimate of drug-likeness (QED) is 0.635. The maximum absolute atomic E-state index is 11.2. The standard InChI is InChI=1S/C22H27N3O2/c1-13-10-14(2)19(12-27-17(5)26)15(3)18(13)11-23-16(4)22-24-20-8-6-7-9-21(20)25-22/h6-10,16,23H,11-12H2,1-5H3,(H,24,25). The van der Waals surface area contributed by atoms with Gasteiger partial charge in [-0.05, 0) is 67.6 Å². The summed E-state index contributed by atoms with van der Waals surface area (Å²) < 4.78 is 5.24. The van der Waals surface area contributed by atoms with Gasteiger partial charge in [0.15, 0.2) is 0 Å². The molecular weight excluding hydrogens is 338 g/mol. The lowest BCUT2D eigenvalue weighted by molar-refractivity contribution is -0.142. The van der Waals surface area contributed by atoms with Crippen LogP contribution in [0.4, 0.5) is 0 Å². The van der Waals surface area contributed by atoms with Gasteiger partial charge in [0.1, 0.15) is 12.4 Å². The first-order valence-electron chi connectivity index (χ1n) is 9.26. The van der Waals surface area contributed by atoms with Crippen molar-refractivity contribution in [1.29, 1.82) is 0 Å². The smallest absolute Gasteiger partial charge is 0.302 e. The summed E-state index contributed by atoms with van der Waals surface area (Å²) in [5.41, 5.74) is 7.93. The zero-order valence-corrected chi connectivity index (χ0v) is 16.6. The number of esters is 1. The Morgan fingerprint density at radius 2 is 1.89 bits per heavy atom. The molecule has 3 rings (SSSR count). The van der Waals surface area contributed by atoms with Crippen molar-refractivity contribution in [3.63, 3.8) is 0 Å². The Balaban J connectivity index is 1.78. The molecule has 2 aromatic carbocycles. The summed E-state index contributed by atoms with van der Waals surface area (Å²) in [6.45, 7) is 10.9. The number of aromatic amines is 1. The molecule has 0 radical (unpaired) electrons. The average molecular weight is 365 g/mol. The molecule has 1 atom stereocenters. The van der Waals surface area contributed by atoms with Gasteiger partial charge in [-0.25, -0.2) is 4.98 Å². The zero-order valence-electron chi connectivity index (χ0n) is 16.6. The third-order valence-corrected chi connectivity index (χ3v) is 5.11. The molecule has 5 heteroatoms. The molecule has 0 aliphatic carbocycles. The van der Waals surface area contributed by atoms with E-state index >= 15 is 0 Å². The molecule has 5 nitrogen and oxygen atoms in total. The number of fused-ring (bicyclic) bond motifs is 1. The minimum atomic E-state index is -0.257. The molecule has 0 saturated carbocycles. The van der Waals surface area contributed by atoms with Crippen molar-refractivity contribution >= 4 is 17.0 Å². The highest BCUT2D eigenvalue weighted by Crippen LogP contribution is 2.24. The van der Waals surface area contributed by atoms with E-state index in [1.165, 1.54) is 23.6 Å². The molecule has 1 unspecified atom stereocenters. The van der Waals surface area contributed by atoms with Gasteiger partial charge < -0.3 is 15.0 Å². The highest BCUT2D eigenvalue weighted by molar-refractivity contribution is 5.74. The van der Waals surface area contributed by atoms with E-state index < -0.39 is 0 Å². The van der Waals surface area contributed by atoms with Crippen molar-refractivity contribution in [2.45, 2.75) is 53.8 Å². The monoisotopic (exact) mass is 365 g/mol. The molecule has 0 amide bonds. The van der Waals surface area contributed by atoms with Crippen molar-refractivity contribution in [3.8, 4) is 0 Å². The first-order chi connectivity index (χ1) is 12.9. The second-order valence-corrected chi connectivity index (χ2v) is 7.11. The van der Waals surface area contributed by atoms with E-state index in [-0.39, 0.29) is 12.0 Å². The number of nitrogens with one attached hydrogen (secondary N) is 2. The van der Waals surface area contributed by atoms with E-state index in [1.807, 2.05) is 24.3 Å². The van der Waals surface area contributed by atoms with E-state index in [1.54, 1.807) is 0 Å². The van der Waals surface area contributed by atoms with E-state index in [2.05, 4.69) is 49.0 Å². The van der Waals surface area contributed by atoms with Gasteiger partial charge in [-0.1, -0.05) is 18.2 Å². The second kappa shape index (κ2) is 7.92. The van der Waals surface area contributed by atoms with Gasteiger partial charge in [0, 0.05) is 13.5 Å². The first kappa shape index (κ1) is 19.1. The van der Waals surface area contributed by atoms with E-state index in [0.29, 0.717) is 6.61 Å². The molecule has 1 heterocycles. The zero-order chi connectivity index (χ0) is 19.6. The normalized spacial score (nSPS) is 12.3. The lowest BCUT2D eigenvalue weighted by Crippen LogP contribution is -2.21. The van der Waals surface area contributed by atoms with Crippen molar-refractivity contribution < 1.29 is 9.53 Å². The van der Waals surface area contributed by atoms with Crippen LogP contribution in [0.15, 0.2) is 30.3 Å². The number of hydrogen-bond acceptors (Lipinski definition) is 4. The number of H-pyrrole nitrogens is 1. The fourth-order valence-corrected chi connectivity index (χ4v) is 3.47. The predicted molar refractivity (Wildman–Crippen MR) is 107 cm³/mol. The van der Waals surface area contributed by atoms with Crippen molar-refractivity contribution in [1.82, 2.24) is 15.3 Å². The van der Waals surface area contributed by atoms with Crippen LogP contribution in [0.2, 0.25) is 0 Å². The molecule has 3 aromatic rings. The van der Waals surface area contributed by atoms with E-state index in [9.17, 15) is 4.79 Å². The molecule has 1 aromatic heterocycles. The van der Waals surface area contributed by atoms with Crippen LogP contribution in [0.3, 0.4) is 0 Å². The van der Waals surface area contributed by atoms with Crippen LogP contribution >= 0.6 is 0 Å². The van der Waals surface area contributed by atoms with Gasteiger partial charge in [0.2, 0.25) is 0 Å². The summed E-state index contributed by atoms with van der Waals surface area (Å²) in [5.74, 6) is 0.673. The van der Waals surface area contributed by atoms with Crippen molar-refractivity contribution in [3.05, 3.63) is 64.0 Å². The highest BCUT2D eigenvalue weighted by atomic mass is 16.5. The van der Waals surface area contributed by atoms with Crippen LogP contribution in [-0.4, -0.2) is 15.9 Å². The number of aryl methyl sites for hydroxylation is 2. The molecule has 27 heavy (non-hydrogen) atoms. The average Bonchev–Trinajstić information content (AvgIpc) is 3.05. The highest BCUT2D eigenvalue weighted by Gasteiger charge is 2.15. The molecule has 0 bridgehead atoms. The Morgan fingerprint density at radius 3 is 2.59 bits per heavy atom. The van der Waals surface area contributed by atoms with Gasteiger partial charge >= 0.3 is 5.97 Å². The van der Waals surface area contributed by atoms with E-state index in [0.717, 1.165) is 34.5 Å². The number of benzene rings is 2. The third-order valence-electron chi connectivity index (χ3n) is 5.11. The second-order valence-electron chi connectivity index (χ2n) is 7.11. The molecule has 142 valence electrons. The lowest BCUT2D eigenvalue weighted by atomic mass is 9.93. The minimum absolute atomic E-state index is 0.0921. The number of carbonyl (C=O) groups excluding carboxylic acids is 1. The summed E-state index contributed by atoms with van der Waals surface area (Å²) >= 11 is 0. The topological polar surface area (TPSA) is 67.0 Å². The molecule has 0 saturated heterocycles. The van der Waals surface area contributed by atoms with Gasteiger partial charge in [-0.15, -0.1) is 0 Å². The van der Waals surface area contributed by atoms with Crippen molar-refractivity contribution in [2.24, 2.45) is 0 Å². The number of para-hydroxylation sites is 2. The maximum atomic E-state index is 11.2. The van der Waals surface area contributed by atoms with Gasteiger partial charge in [0.25, 0.3) is 0 Å². The minimum Gasteiger partial charge on any atom is -0.461 e. The number of aromatic nitrogens is 2.